The highest BCUT2D eigenvalue weighted by Gasteiger charge is 2.37. The van der Waals surface area contributed by atoms with Crippen LogP contribution in [0.1, 0.15) is 19.3 Å². The summed E-state index contributed by atoms with van der Waals surface area (Å²) in [6.07, 6.45) is 3.93. The Morgan fingerprint density at radius 1 is 0.931 bits per heavy atom. The predicted molar refractivity (Wildman–Crippen MR) is 129 cm³/mol. The molecule has 3 aliphatic heterocycles. The molecule has 0 radical (unpaired) electrons. The molecule has 5 rings (SSSR count). The Morgan fingerprint density at radius 3 is 2.38 bits per heavy atom. The van der Waals surface area contributed by atoms with E-state index in [9.17, 15) is 0 Å². The average molecular weight is 473 g/mol. The number of anilines is 2. The molecule has 7 heteroatoms. The van der Waals surface area contributed by atoms with Crippen molar-refractivity contribution in [2.75, 3.05) is 38.1 Å². The van der Waals surface area contributed by atoms with Crippen LogP contribution >= 0.6 is 48.2 Å². The van der Waals surface area contributed by atoms with Crippen LogP contribution in [-0.2, 0) is 0 Å². The molecule has 2 bridgehead atoms. The summed E-state index contributed by atoms with van der Waals surface area (Å²) in [5, 5.41) is 0.814. The number of piperazine rings is 1. The monoisotopic (exact) mass is 471 g/mol. The topological polar surface area (TPSA) is 9.72 Å². The van der Waals surface area contributed by atoms with E-state index in [0.29, 0.717) is 0 Å². The van der Waals surface area contributed by atoms with E-state index in [1.807, 2.05) is 17.8 Å². The van der Waals surface area contributed by atoms with Crippen molar-refractivity contribution in [3.05, 3.63) is 47.5 Å². The second-order valence-electron chi connectivity index (χ2n) is 8.00. The quantitative estimate of drug-likeness (QED) is 0.543. The Hall–Kier alpha value is -0.620. The highest BCUT2D eigenvalue weighted by Crippen LogP contribution is 2.48. The van der Waals surface area contributed by atoms with Crippen molar-refractivity contribution in [3.8, 4) is 0 Å². The zero-order chi connectivity index (χ0) is 18.4. The van der Waals surface area contributed by atoms with Gasteiger partial charge in [-0.15, -0.1) is 24.8 Å². The number of fused-ring (bicyclic) bond motifs is 4. The number of benzene rings is 2. The molecule has 29 heavy (non-hydrogen) atoms. The Labute approximate surface area is 195 Å². The van der Waals surface area contributed by atoms with Crippen LogP contribution in [0.15, 0.2) is 52.3 Å². The van der Waals surface area contributed by atoms with Crippen LogP contribution in [0.3, 0.4) is 0 Å². The average Bonchev–Trinajstić information content (AvgIpc) is 2.89. The predicted octanol–water partition coefficient (Wildman–Crippen LogP) is 5.95. The molecule has 0 saturated carbocycles. The molecular weight excluding hydrogens is 445 g/mol. The van der Waals surface area contributed by atoms with Crippen molar-refractivity contribution in [3.63, 3.8) is 0 Å². The van der Waals surface area contributed by atoms with Gasteiger partial charge in [-0.25, -0.2) is 0 Å². The van der Waals surface area contributed by atoms with Crippen LogP contribution in [0, 0.1) is 0 Å². The second-order valence-corrected chi connectivity index (χ2v) is 9.52. The van der Waals surface area contributed by atoms with E-state index in [-0.39, 0.29) is 24.8 Å². The van der Waals surface area contributed by atoms with E-state index in [4.69, 9.17) is 11.6 Å². The summed E-state index contributed by atoms with van der Waals surface area (Å²) in [4.78, 5) is 10.4. The first-order chi connectivity index (χ1) is 13.2. The Kier molecular flexibility index (Phi) is 7.69. The van der Waals surface area contributed by atoms with Crippen molar-refractivity contribution in [1.82, 2.24) is 9.80 Å². The van der Waals surface area contributed by atoms with Gasteiger partial charge < -0.3 is 9.80 Å². The minimum Gasteiger partial charge on any atom is -0.340 e. The van der Waals surface area contributed by atoms with Gasteiger partial charge in [0.2, 0.25) is 0 Å². The Balaban J connectivity index is 0.00000120. The first kappa shape index (κ1) is 23.1. The molecule has 3 nitrogen and oxygen atoms in total. The second kappa shape index (κ2) is 9.67. The van der Waals surface area contributed by atoms with Crippen LogP contribution in [0.25, 0.3) is 0 Å². The number of likely N-dealkylation sites (tertiary alicyclic amines) is 1. The Bertz CT molecular complexity index is 836. The molecule has 0 amide bonds. The van der Waals surface area contributed by atoms with Gasteiger partial charge in [-0.3, -0.25) is 4.90 Å². The van der Waals surface area contributed by atoms with E-state index >= 15 is 0 Å². The van der Waals surface area contributed by atoms with Gasteiger partial charge in [0.1, 0.15) is 0 Å². The van der Waals surface area contributed by atoms with Crippen molar-refractivity contribution in [1.29, 1.82) is 0 Å². The fourth-order valence-corrected chi connectivity index (χ4v) is 6.12. The maximum atomic E-state index is 6.33. The molecule has 2 unspecified atom stereocenters. The van der Waals surface area contributed by atoms with Gasteiger partial charge in [0.25, 0.3) is 0 Å². The molecule has 0 aromatic heterocycles. The van der Waals surface area contributed by atoms with E-state index in [1.165, 1.54) is 60.1 Å². The minimum atomic E-state index is 0. The smallest absolute Gasteiger partial charge is 0.0567 e. The molecule has 158 valence electrons. The first-order valence-corrected chi connectivity index (χ1v) is 11.2. The van der Waals surface area contributed by atoms with Crippen LogP contribution in [0.4, 0.5) is 11.4 Å². The zero-order valence-electron chi connectivity index (χ0n) is 16.6. The van der Waals surface area contributed by atoms with Gasteiger partial charge in [0.15, 0.2) is 0 Å². The number of halogens is 3. The van der Waals surface area contributed by atoms with Crippen molar-refractivity contribution >= 4 is 59.6 Å². The van der Waals surface area contributed by atoms with Crippen LogP contribution < -0.4 is 4.90 Å². The largest absolute Gasteiger partial charge is 0.340 e. The van der Waals surface area contributed by atoms with Gasteiger partial charge in [-0.1, -0.05) is 35.5 Å². The summed E-state index contributed by atoms with van der Waals surface area (Å²) in [6.45, 7) is 4.69. The number of rotatable bonds is 4. The van der Waals surface area contributed by atoms with Crippen LogP contribution in [0.5, 0.6) is 0 Å². The number of nitrogens with zero attached hydrogens (tertiary/aromatic N) is 3. The van der Waals surface area contributed by atoms with Crippen molar-refractivity contribution in [2.45, 2.75) is 41.1 Å². The molecule has 0 aliphatic carbocycles. The van der Waals surface area contributed by atoms with E-state index in [2.05, 4.69) is 58.1 Å². The van der Waals surface area contributed by atoms with Gasteiger partial charge in [-0.05, 0) is 63.2 Å². The molecule has 0 N–H and O–H groups in total. The lowest BCUT2D eigenvalue weighted by molar-refractivity contribution is 0.0884. The molecule has 2 fully saturated rings. The summed E-state index contributed by atoms with van der Waals surface area (Å²) in [5.74, 6) is 0. The number of hydrogen-bond donors (Lipinski definition) is 0. The Morgan fingerprint density at radius 2 is 1.62 bits per heavy atom. The first-order valence-electron chi connectivity index (χ1n) is 9.97. The van der Waals surface area contributed by atoms with Gasteiger partial charge >= 0.3 is 0 Å². The normalized spacial score (nSPS) is 23.0. The lowest BCUT2D eigenvalue weighted by Gasteiger charge is -2.39. The standard InChI is InChI=1S/C22H26ClN3S.2ClH/c1-24-17-8-9-18(24)15-25(14-17)11-4-12-26-19-5-2-3-6-21(19)27-22-10-7-16(23)13-20(22)26;;/h2-3,5-7,10,13,17-18H,4,8-9,11-12,14-15H2,1H3;2*1H. The molecular formula is C22H28Cl3N3S. The highest BCUT2D eigenvalue weighted by molar-refractivity contribution is 7.99. The fraction of sp³-hybridized carbons (Fsp3) is 0.455. The van der Waals surface area contributed by atoms with Gasteiger partial charge in [0, 0.05) is 46.5 Å². The molecule has 3 aliphatic rings. The third kappa shape index (κ3) is 4.53. The van der Waals surface area contributed by atoms with E-state index < -0.39 is 0 Å². The number of hydrogen-bond acceptors (Lipinski definition) is 4. The van der Waals surface area contributed by atoms with E-state index in [0.717, 1.165) is 23.7 Å². The van der Waals surface area contributed by atoms with Gasteiger partial charge in [-0.2, -0.15) is 0 Å². The third-order valence-corrected chi connectivity index (χ3v) is 7.73. The molecule has 3 heterocycles. The van der Waals surface area contributed by atoms with Crippen molar-refractivity contribution in [2.24, 2.45) is 0 Å². The number of likely N-dealkylation sites (N-methyl/N-ethyl adjacent to an activating group) is 1. The zero-order valence-corrected chi connectivity index (χ0v) is 19.8. The maximum Gasteiger partial charge on any atom is 0.0567 e. The van der Waals surface area contributed by atoms with Crippen molar-refractivity contribution < 1.29 is 0 Å². The lowest BCUT2D eigenvalue weighted by Crippen LogP contribution is -2.52. The minimum absolute atomic E-state index is 0. The fourth-order valence-electron chi connectivity index (χ4n) is 4.88. The lowest BCUT2D eigenvalue weighted by atomic mass is 10.1. The van der Waals surface area contributed by atoms with Crippen LogP contribution in [0.2, 0.25) is 5.02 Å². The maximum absolute atomic E-state index is 6.33. The summed E-state index contributed by atoms with van der Waals surface area (Å²) < 4.78 is 0. The molecule has 0 spiro atoms. The summed E-state index contributed by atoms with van der Waals surface area (Å²) in [6, 6.07) is 16.6. The molecule has 2 saturated heterocycles. The van der Waals surface area contributed by atoms with E-state index in [1.54, 1.807) is 0 Å². The summed E-state index contributed by atoms with van der Waals surface area (Å²) in [7, 11) is 2.31. The number of para-hydroxylation sites is 1. The molecule has 2 aromatic carbocycles. The van der Waals surface area contributed by atoms with Gasteiger partial charge in [0.05, 0.1) is 11.4 Å². The summed E-state index contributed by atoms with van der Waals surface area (Å²) >= 11 is 8.18. The molecule has 2 aromatic rings. The third-order valence-electron chi connectivity index (χ3n) is 6.37. The van der Waals surface area contributed by atoms with Crippen LogP contribution in [-0.4, -0.2) is 55.1 Å². The SMILES string of the molecule is CN1C2CCC1CN(CCCN1c3ccccc3Sc3ccc(Cl)cc31)C2.Cl.Cl. The molecule has 2 atom stereocenters. The summed E-state index contributed by atoms with van der Waals surface area (Å²) in [5.41, 5.74) is 2.57. The highest BCUT2D eigenvalue weighted by atomic mass is 35.5.